The number of carbonyl (C=O) groups excluding carboxylic acids is 1. The summed E-state index contributed by atoms with van der Waals surface area (Å²) >= 11 is 6.45. The molecule has 0 aliphatic carbocycles. The average molecular weight is 439 g/mol. The molecule has 0 radical (unpaired) electrons. The number of halogens is 1. The molecule has 1 fully saturated rings. The number of nitrogens with zero attached hydrogens (tertiary/aromatic N) is 2. The molecule has 0 N–H and O–H groups in total. The van der Waals surface area contributed by atoms with Crippen LogP contribution in [0.25, 0.3) is 10.9 Å². The van der Waals surface area contributed by atoms with E-state index in [1.807, 2.05) is 71.8 Å². The molecule has 31 heavy (non-hydrogen) atoms. The van der Waals surface area contributed by atoms with Gasteiger partial charge in [0.15, 0.2) is 0 Å². The Morgan fingerprint density at radius 3 is 2.65 bits per heavy atom. The van der Waals surface area contributed by atoms with Crippen molar-refractivity contribution in [2.24, 2.45) is 0 Å². The van der Waals surface area contributed by atoms with E-state index < -0.39 is 0 Å². The van der Waals surface area contributed by atoms with Crippen LogP contribution in [0.3, 0.4) is 0 Å². The SMILES string of the molecule is C=CCOc1cccc2c1cc(C(=O)N1CC(C)OC(C)C1)n2Cc1ccccc1Cl. The standard InChI is InChI=1S/C25H27ClN2O3/c1-4-12-30-24-11-7-10-22-20(24)13-23(25(29)27-14-17(2)31-18(3)15-27)28(22)16-19-8-5-6-9-21(19)26/h4-11,13,17-18H,1,12,14-16H2,2-3H3. The van der Waals surface area contributed by atoms with Crippen molar-refractivity contribution < 1.29 is 14.3 Å². The molecule has 5 nitrogen and oxygen atoms in total. The van der Waals surface area contributed by atoms with Crippen molar-refractivity contribution in [1.29, 1.82) is 0 Å². The second-order valence-electron chi connectivity index (χ2n) is 7.96. The summed E-state index contributed by atoms with van der Waals surface area (Å²) < 4.78 is 13.7. The van der Waals surface area contributed by atoms with Gasteiger partial charge in [-0.3, -0.25) is 4.79 Å². The fourth-order valence-corrected chi connectivity index (χ4v) is 4.38. The Bertz CT molecular complexity index is 1100. The molecule has 0 spiro atoms. The summed E-state index contributed by atoms with van der Waals surface area (Å²) in [7, 11) is 0. The number of ether oxygens (including phenoxy) is 2. The van der Waals surface area contributed by atoms with Gasteiger partial charge in [0.05, 0.1) is 17.7 Å². The third kappa shape index (κ3) is 4.48. The van der Waals surface area contributed by atoms with Gasteiger partial charge in [0, 0.05) is 30.0 Å². The summed E-state index contributed by atoms with van der Waals surface area (Å²) in [5.74, 6) is 0.716. The van der Waals surface area contributed by atoms with Crippen LogP contribution >= 0.6 is 11.6 Å². The zero-order chi connectivity index (χ0) is 22.0. The molecule has 0 saturated carbocycles. The summed E-state index contributed by atoms with van der Waals surface area (Å²) in [4.78, 5) is 15.5. The molecule has 0 bridgehead atoms. The van der Waals surface area contributed by atoms with Crippen LogP contribution in [0, 0.1) is 0 Å². The number of rotatable bonds is 6. The van der Waals surface area contributed by atoms with Crippen LogP contribution in [0.15, 0.2) is 61.2 Å². The molecule has 1 aromatic heterocycles. The Kier molecular flexibility index (Phi) is 6.35. The van der Waals surface area contributed by atoms with E-state index in [-0.39, 0.29) is 18.1 Å². The largest absolute Gasteiger partial charge is 0.489 e. The lowest BCUT2D eigenvalue weighted by atomic mass is 10.2. The zero-order valence-electron chi connectivity index (χ0n) is 17.9. The highest BCUT2D eigenvalue weighted by Gasteiger charge is 2.29. The molecule has 3 aromatic rings. The molecule has 2 unspecified atom stereocenters. The highest BCUT2D eigenvalue weighted by atomic mass is 35.5. The smallest absolute Gasteiger partial charge is 0.270 e. The van der Waals surface area contributed by atoms with Gasteiger partial charge in [-0.2, -0.15) is 0 Å². The quantitative estimate of drug-likeness (QED) is 0.499. The van der Waals surface area contributed by atoms with Gasteiger partial charge < -0.3 is 18.9 Å². The molecule has 1 saturated heterocycles. The zero-order valence-corrected chi connectivity index (χ0v) is 18.6. The summed E-state index contributed by atoms with van der Waals surface area (Å²) in [5.41, 5.74) is 2.50. The van der Waals surface area contributed by atoms with Crippen LogP contribution in [0.4, 0.5) is 0 Å². The van der Waals surface area contributed by atoms with Crippen LogP contribution in [0.2, 0.25) is 5.02 Å². The average Bonchev–Trinajstić information content (AvgIpc) is 3.11. The van der Waals surface area contributed by atoms with E-state index >= 15 is 0 Å². The van der Waals surface area contributed by atoms with Crippen molar-refractivity contribution in [3.8, 4) is 5.75 Å². The van der Waals surface area contributed by atoms with Crippen molar-refractivity contribution in [3.05, 3.63) is 77.5 Å². The normalized spacial score (nSPS) is 18.9. The van der Waals surface area contributed by atoms with Crippen LogP contribution < -0.4 is 4.74 Å². The summed E-state index contributed by atoms with van der Waals surface area (Å²) in [6.07, 6.45) is 1.71. The lowest BCUT2D eigenvalue weighted by molar-refractivity contribution is -0.0588. The first-order valence-electron chi connectivity index (χ1n) is 10.5. The van der Waals surface area contributed by atoms with Gasteiger partial charge in [-0.05, 0) is 43.7 Å². The Hall–Kier alpha value is -2.76. The number of aromatic nitrogens is 1. The Morgan fingerprint density at radius 2 is 1.94 bits per heavy atom. The van der Waals surface area contributed by atoms with Crippen molar-refractivity contribution >= 4 is 28.4 Å². The van der Waals surface area contributed by atoms with E-state index in [1.165, 1.54) is 0 Å². The van der Waals surface area contributed by atoms with Crippen molar-refractivity contribution in [1.82, 2.24) is 9.47 Å². The van der Waals surface area contributed by atoms with Crippen LogP contribution in [0.5, 0.6) is 5.75 Å². The number of hydrogen-bond donors (Lipinski definition) is 0. The molecular formula is C25H27ClN2O3. The van der Waals surface area contributed by atoms with E-state index in [0.717, 1.165) is 22.2 Å². The van der Waals surface area contributed by atoms with Gasteiger partial charge >= 0.3 is 0 Å². The Balaban J connectivity index is 1.81. The third-order valence-corrected chi connectivity index (χ3v) is 5.84. The molecule has 1 aliphatic heterocycles. The number of fused-ring (bicyclic) bond motifs is 1. The predicted molar refractivity (Wildman–Crippen MR) is 124 cm³/mol. The number of amides is 1. The fraction of sp³-hybridized carbons (Fsp3) is 0.320. The van der Waals surface area contributed by atoms with Gasteiger partial charge in [-0.1, -0.05) is 48.5 Å². The highest BCUT2D eigenvalue weighted by molar-refractivity contribution is 6.31. The maximum atomic E-state index is 13.6. The molecule has 4 rings (SSSR count). The summed E-state index contributed by atoms with van der Waals surface area (Å²) in [6, 6.07) is 15.5. The number of morpholine rings is 1. The highest BCUT2D eigenvalue weighted by Crippen LogP contribution is 2.31. The molecule has 162 valence electrons. The number of hydrogen-bond acceptors (Lipinski definition) is 3. The van der Waals surface area contributed by atoms with Crippen molar-refractivity contribution in [2.45, 2.75) is 32.6 Å². The van der Waals surface area contributed by atoms with Gasteiger partial charge in [0.1, 0.15) is 18.1 Å². The van der Waals surface area contributed by atoms with E-state index in [4.69, 9.17) is 21.1 Å². The number of carbonyl (C=O) groups is 1. The third-order valence-electron chi connectivity index (χ3n) is 5.47. The maximum Gasteiger partial charge on any atom is 0.270 e. The van der Waals surface area contributed by atoms with Gasteiger partial charge in [0.2, 0.25) is 0 Å². The van der Waals surface area contributed by atoms with Crippen LogP contribution in [-0.2, 0) is 11.3 Å². The second kappa shape index (κ2) is 9.16. The molecule has 2 atom stereocenters. The first-order valence-corrected chi connectivity index (χ1v) is 10.9. The van der Waals surface area contributed by atoms with Crippen molar-refractivity contribution in [3.63, 3.8) is 0 Å². The minimum atomic E-state index is -0.0140. The van der Waals surface area contributed by atoms with Gasteiger partial charge in [0.25, 0.3) is 5.91 Å². The molecule has 2 heterocycles. The lowest BCUT2D eigenvalue weighted by Gasteiger charge is -2.35. The predicted octanol–water partition coefficient (Wildman–Crippen LogP) is 5.16. The monoisotopic (exact) mass is 438 g/mol. The first kappa shape index (κ1) is 21.5. The van der Waals surface area contributed by atoms with E-state index in [1.54, 1.807) is 6.08 Å². The molecular weight excluding hydrogens is 412 g/mol. The summed E-state index contributed by atoms with van der Waals surface area (Å²) in [5, 5.41) is 1.57. The lowest BCUT2D eigenvalue weighted by Crippen LogP contribution is -2.48. The van der Waals surface area contributed by atoms with E-state index in [2.05, 4.69) is 6.58 Å². The minimum Gasteiger partial charge on any atom is -0.489 e. The van der Waals surface area contributed by atoms with Crippen LogP contribution in [0.1, 0.15) is 29.9 Å². The number of benzene rings is 2. The van der Waals surface area contributed by atoms with Crippen molar-refractivity contribution in [2.75, 3.05) is 19.7 Å². The molecule has 1 aliphatic rings. The maximum absolute atomic E-state index is 13.6. The molecule has 6 heteroatoms. The fourth-order valence-electron chi connectivity index (χ4n) is 4.18. The summed E-state index contributed by atoms with van der Waals surface area (Å²) in [6.45, 7) is 9.75. The second-order valence-corrected chi connectivity index (χ2v) is 8.37. The van der Waals surface area contributed by atoms with Crippen LogP contribution in [-0.4, -0.2) is 47.3 Å². The molecule has 2 aromatic carbocycles. The first-order chi connectivity index (χ1) is 15.0. The minimum absolute atomic E-state index is 0.000539. The van der Waals surface area contributed by atoms with Gasteiger partial charge in [-0.15, -0.1) is 0 Å². The molecule has 1 amide bonds. The van der Waals surface area contributed by atoms with E-state index in [0.29, 0.717) is 37.0 Å². The van der Waals surface area contributed by atoms with E-state index in [9.17, 15) is 4.79 Å². The topological polar surface area (TPSA) is 43.7 Å². The Labute approximate surface area is 187 Å². The van der Waals surface area contributed by atoms with Gasteiger partial charge in [-0.25, -0.2) is 0 Å². The Morgan fingerprint density at radius 1 is 1.19 bits per heavy atom.